The van der Waals surface area contributed by atoms with E-state index in [1.165, 1.54) is 33.3 Å². The molecule has 0 saturated heterocycles. The van der Waals surface area contributed by atoms with Gasteiger partial charge in [0.15, 0.2) is 0 Å². The van der Waals surface area contributed by atoms with Crippen molar-refractivity contribution in [2.75, 3.05) is 5.01 Å². The predicted octanol–water partition coefficient (Wildman–Crippen LogP) is 7.85. The number of hydrogen-bond acceptors (Lipinski definition) is 2. The fourth-order valence-corrected chi connectivity index (χ4v) is 5.25. The Morgan fingerprint density at radius 1 is 0.743 bits per heavy atom. The minimum Gasteiger partial charge on any atom is -0.336 e. The SMILES string of the molecule is C=CCn1c(-c2ccccc2)c(C2CC(c3ccccc3)=NN2c2ccccc2)c2ccccc21. The minimum absolute atomic E-state index is 0.0683. The molecule has 0 aliphatic carbocycles. The molecule has 0 radical (unpaired) electrons. The number of aromatic nitrogens is 1. The van der Waals surface area contributed by atoms with Crippen LogP contribution in [0.4, 0.5) is 5.69 Å². The highest BCUT2D eigenvalue weighted by molar-refractivity contribution is 6.04. The van der Waals surface area contributed by atoms with Gasteiger partial charge in [-0.15, -0.1) is 6.58 Å². The number of hydrazone groups is 1. The second kappa shape index (κ2) is 9.11. The van der Waals surface area contributed by atoms with Crippen molar-refractivity contribution >= 4 is 22.3 Å². The fraction of sp³-hybridized carbons (Fsp3) is 0.0938. The minimum atomic E-state index is 0.0683. The quantitative estimate of drug-likeness (QED) is 0.240. The molecule has 1 aliphatic heterocycles. The average molecular weight is 454 g/mol. The van der Waals surface area contributed by atoms with E-state index in [9.17, 15) is 0 Å². The van der Waals surface area contributed by atoms with Crippen molar-refractivity contribution in [2.45, 2.75) is 19.0 Å². The first-order valence-electron chi connectivity index (χ1n) is 12.1. The molecule has 0 amide bonds. The largest absolute Gasteiger partial charge is 0.336 e. The maximum absolute atomic E-state index is 5.20. The molecule has 2 heterocycles. The first-order valence-corrected chi connectivity index (χ1v) is 12.1. The van der Waals surface area contributed by atoms with Gasteiger partial charge in [-0.05, 0) is 29.3 Å². The summed E-state index contributed by atoms with van der Waals surface area (Å²) in [4.78, 5) is 0. The third-order valence-corrected chi connectivity index (χ3v) is 6.74. The number of hydrogen-bond donors (Lipinski definition) is 0. The van der Waals surface area contributed by atoms with Crippen LogP contribution in [0.15, 0.2) is 133 Å². The summed E-state index contributed by atoms with van der Waals surface area (Å²) in [7, 11) is 0. The summed E-state index contributed by atoms with van der Waals surface area (Å²) in [6.07, 6.45) is 2.82. The van der Waals surface area contributed by atoms with Crippen molar-refractivity contribution in [1.82, 2.24) is 4.57 Å². The molecule has 35 heavy (non-hydrogen) atoms. The number of fused-ring (bicyclic) bond motifs is 1. The molecule has 5 aromatic rings. The molecule has 1 aliphatic rings. The van der Waals surface area contributed by atoms with E-state index in [4.69, 9.17) is 5.10 Å². The normalized spacial score (nSPS) is 15.4. The Morgan fingerprint density at radius 3 is 2.03 bits per heavy atom. The lowest BCUT2D eigenvalue weighted by Gasteiger charge is -2.25. The highest BCUT2D eigenvalue weighted by Gasteiger charge is 2.35. The van der Waals surface area contributed by atoms with Gasteiger partial charge in [0.05, 0.1) is 23.1 Å². The van der Waals surface area contributed by atoms with Crippen LogP contribution in [0.25, 0.3) is 22.2 Å². The molecule has 0 fully saturated rings. The lowest BCUT2D eigenvalue weighted by Crippen LogP contribution is -2.19. The predicted molar refractivity (Wildman–Crippen MR) is 147 cm³/mol. The third kappa shape index (κ3) is 3.75. The maximum atomic E-state index is 5.20. The van der Waals surface area contributed by atoms with Gasteiger partial charge < -0.3 is 4.57 Å². The van der Waals surface area contributed by atoms with Crippen LogP contribution in [0.5, 0.6) is 0 Å². The van der Waals surface area contributed by atoms with Crippen LogP contribution >= 0.6 is 0 Å². The monoisotopic (exact) mass is 453 g/mol. The Kier molecular flexibility index (Phi) is 5.51. The van der Waals surface area contributed by atoms with E-state index in [0.717, 1.165) is 24.4 Å². The lowest BCUT2D eigenvalue weighted by molar-refractivity contribution is 0.710. The van der Waals surface area contributed by atoms with Crippen LogP contribution in [-0.4, -0.2) is 10.3 Å². The second-order valence-corrected chi connectivity index (χ2v) is 8.86. The van der Waals surface area contributed by atoms with Gasteiger partial charge in [-0.2, -0.15) is 5.10 Å². The maximum Gasteiger partial charge on any atom is 0.0858 e. The fourth-order valence-electron chi connectivity index (χ4n) is 5.25. The van der Waals surface area contributed by atoms with Crippen molar-refractivity contribution in [1.29, 1.82) is 0 Å². The zero-order valence-electron chi connectivity index (χ0n) is 19.6. The van der Waals surface area contributed by atoms with Gasteiger partial charge in [0, 0.05) is 29.4 Å². The number of allylic oxidation sites excluding steroid dienone is 1. The van der Waals surface area contributed by atoms with Gasteiger partial charge in [0.1, 0.15) is 0 Å². The van der Waals surface area contributed by atoms with Crippen molar-refractivity contribution < 1.29 is 0 Å². The molecule has 4 aromatic carbocycles. The van der Waals surface area contributed by atoms with Gasteiger partial charge >= 0.3 is 0 Å². The smallest absolute Gasteiger partial charge is 0.0858 e. The average Bonchev–Trinajstić information content (AvgIpc) is 3.50. The summed E-state index contributed by atoms with van der Waals surface area (Å²) in [5, 5.41) is 8.69. The van der Waals surface area contributed by atoms with E-state index in [1.807, 2.05) is 6.08 Å². The van der Waals surface area contributed by atoms with Gasteiger partial charge in [0.2, 0.25) is 0 Å². The van der Waals surface area contributed by atoms with Gasteiger partial charge in [-0.1, -0.05) is 103 Å². The lowest BCUT2D eigenvalue weighted by atomic mass is 9.93. The highest BCUT2D eigenvalue weighted by atomic mass is 15.5. The summed E-state index contributed by atoms with van der Waals surface area (Å²) in [5.41, 5.74) is 8.37. The highest BCUT2D eigenvalue weighted by Crippen LogP contribution is 2.45. The van der Waals surface area contributed by atoms with E-state index in [-0.39, 0.29) is 6.04 Å². The Labute approximate surface area is 206 Å². The number of para-hydroxylation sites is 2. The Hall–Kier alpha value is -4.37. The summed E-state index contributed by atoms with van der Waals surface area (Å²) in [6, 6.07) is 40.6. The van der Waals surface area contributed by atoms with E-state index >= 15 is 0 Å². The molecule has 0 N–H and O–H groups in total. The molecule has 1 unspecified atom stereocenters. The third-order valence-electron chi connectivity index (χ3n) is 6.74. The van der Waals surface area contributed by atoms with Crippen LogP contribution in [0.2, 0.25) is 0 Å². The van der Waals surface area contributed by atoms with E-state index in [1.54, 1.807) is 0 Å². The van der Waals surface area contributed by atoms with Gasteiger partial charge in [-0.25, -0.2) is 0 Å². The second-order valence-electron chi connectivity index (χ2n) is 8.86. The van der Waals surface area contributed by atoms with E-state index in [2.05, 4.69) is 131 Å². The van der Waals surface area contributed by atoms with Crippen LogP contribution in [0, 0.1) is 0 Å². The molecular weight excluding hydrogens is 426 g/mol. The molecule has 1 atom stereocenters. The van der Waals surface area contributed by atoms with Crippen molar-refractivity contribution in [3.63, 3.8) is 0 Å². The number of nitrogens with zero attached hydrogens (tertiary/aromatic N) is 3. The molecule has 6 rings (SSSR count). The molecule has 3 nitrogen and oxygen atoms in total. The zero-order valence-corrected chi connectivity index (χ0v) is 19.6. The zero-order chi connectivity index (χ0) is 23.6. The summed E-state index contributed by atoms with van der Waals surface area (Å²) in [6.45, 7) is 4.81. The molecular formula is C32H27N3. The van der Waals surface area contributed by atoms with Crippen LogP contribution < -0.4 is 5.01 Å². The van der Waals surface area contributed by atoms with Gasteiger partial charge in [-0.3, -0.25) is 5.01 Å². The Bertz CT molecular complexity index is 1500. The van der Waals surface area contributed by atoms with Crippen LogP contribution in [-0.2, 0) is 6.54 Å². The van der Waals surface area contributed by atoms with Crippen molar-refractivity contribution in [2.24, 2.45) is 5.10 Å². The molecule has 1 aromatic heterocycles. The number of benzene rings is 4. The summed E-state index contributed by atoms with van der Waals surface area (Å²) in [5.74, 6) is 0. The molecule has 0 bridgehead atoms. The number of rotatable bonds is 6. The van der Waals surface area contributed by atoms with Crippen molar-refractivity contribution in [3.8, 4) is 11.3 Å². The summed E-state index contributed by atoms with van der Waals surface area (Å²) < 4.78 is 2.40. The number of anilines is 1. The topological polar surface area (TPSA) is 20.5 Å². The Morgan fingerprint density at radius 2 is 1.34 bits per heavy atom. The molecule has 3 heteroatoms. The van der Waals surface area contributed by atoms with E-state index < -0.39 is 0 Å². The van der Waals surface area contributed by atoms with Crippen molar-refractivity contribution in [3.05, 3.63) is 139 Å². The summed E-state index contributed by atoms with van der Waals surface area (Å²) >= 11 is 0. The Balaban J connectivity index is 1.61. The molecule has 0 saturated carbocycles. The molecule has 0 spiro atoms. The van der Waals surface area contributed by atoms with Crippen LogP contribution in [0.1, 0.15) is 23.6 Å². The van der Waals surface area contributed by atoms with Crippen LogP contribution in [0.3, 0.4) is 0 Å². The van der Waals surface area contributed by atoms with E-state index in [0.29, 0.717) is 0 Å². The first kappa shape index (κ1) is 21.2. The first-order chi connectivity index (χ1) is 17.3. The van der Waals surface area contributed by atoms with Gasteiger partial charge in [0.25, 0.3) is 0 Å². The standard InChI is InChI=1S/C32H27N3/c1-2-22-34-29-21-13-12-20-27(29)31(32(34)25-16-8-4-9-17-25)30-23-28(24-14-6-3-7-15-24)33-35(30)26-18-10-5-11-19-26/h2-21,30H,1,22-23H2. The molecule has 170 valence electrons.